The van der Waals surface area contributed by atoms with Crippen molar-refractivity contribution in [2.45, 2.75) is 6.42 Å². The molecule has 0 amide bonds. The quantitative estimate of drug-likeness (QED) is 0.801. The van der Waals surface area contributed by atoms with Crippen molar-refractivity contribution in [1.29, 1.82) is 0 Å². The van der Waals surface area contributed by atoms with Crippen molar-refractivity contribution in [3.63, 3.8) is 0 Å². The largest absolute Gasteiger partial charge is 0.375 e. The number of aromatic nitrogens is 2. The molecule has 3 aromatic rings. The van der Waals surface area contributed by atoms with E-state index >= 15 is 0 Å². The molecule has 2 aromatic heterocycles. The third kappa shape index (κ3) is 2.67. The zero-order valence-corrected chi connectivity index (χ0v) is 11.4. The van der Waals surface area contributed by atoms with Gasteiger partial charge in [-0.05, 0) is 36.4 Å². The normalized spacial score (nSPS) is 10.7. The number of halogens is 1. The van der Waals surface area contributed by atoms with Gasteiger partial charge in [-0.2, -0.15) is 0 Å². The number of nitrogens with two attached hydrogens (primary N) is 1. The molecule has 0 fully saturated rings. The fourth-order valence-corrected chi connectivity index (χ4v) is 2.86. The highest BCUT2D eigenvalue weighted by Gasteiger charge is 2.12. The van der Waals surface area contributed by atoms with Gasteiger partial charge in [0.25, 0.3) is 0 Å². The molecule has 3 nitrogen and oxygen atoms in total. The Bertz CT molecular complexity index is 708. The second kappa shape index (κ2) is 5.38. The zero-order chi connectivity index (χ0) is 13.9. The van der Waals surface area contributed by atoms with E-state index in [-0.39, 0.29) is 5.82 Å². The van der Waals surface area contributed by atoms with Crippen LogP contribution in [0, 0.1) is 5.82 Å². The summed E-state index contributed by atoms with van der Waals surface area (Å²) in [5.41, 5.74) is 8.44. The van der Waals surface area contributed by atoms with Gasteiger partial charge >= 0.3 is 0 Å². The summed E-state index contributed by atoms with van der Waals surface area (Å²) in [7, 11) is 0. The summed E-state index contributed by atoms with van der Waals surface area (Å²) in [5, 5.41) is 0.509. The zero-order valence-electron chi connectivity index (χ0n) is 10.6. The van der Waals surface area contributed by atoms with E-state index in [0.29, 0.717) is 11.6 Å². The number of hydrogen-bond acceptors (Lipinski definition) is 4. The van der Waals surface area contributed by atoms with Gasteiger partial charge in [0.1, 0.15) is 5.82 Å². The molecule has 20 heavy (non-hydrogen) atoms. The van der Waals surface area contributed by atoms with Gasteiger partial charge < -0.3 is 5.73 Å². The Balaban J connectivity index is 1.98. The van der Waals surface area contributed by atoms with E-state index in [1.807, 2.05) is 18.2 Å². The summed E-state index contributed by atoms with van der Waals surface area (Å²) in [5.74, 6) is -0.261. The average molecular weight is 285 g/mol. The molecule has 0 aliphatic heterocycles. The average Bonchev–Trinajstić information content (AvgIpc) is 2.81. The van der Waals surface area contributed by atoms with E-state index in [1.54, 1.807) is 18.3 Å². The molecule has 0 aliphatic carbocycles. The van der Waals surface area contributed by atoms with Gasteiger partial charge in [-0.3, -0.25) is 4.98 Å². The van der Waals surface area contributed by atoms with E-state index < -0.39 is 0 Å². The lowest BCUT2D eigenvalue weighted by Gasteiger charge is -2.02. The summed E-state index contributed by atoms with van der Waals surface area (Å²) in [6, 6.07) is 12.1. The highest BCUT2D eigenvalue weighted by Crippen LogP contribution is 2.31. The van der Waals surface area contributed by atoms with Crippen molar-refractivity contribution in [2.75, 3.05) is 5.73 Å². The van der Waals surface area contributed by atoms with Crippen LogP contribution in [0.1, 0.15) is 10.6 Å². The van der Waals surface area contributed by atoms with Crippen molar-refractivity contribution in [3.8, 4) is 11.3 Å². The summed E-state index contributed by atoms with van der Waals surface area (Å²) < 4.78 is 13.0. The van der Waals surface area contributed by atoms with E-state index in [4.69, 9.17) is 5.73 Å². The van der Waals surface area contributed by atoms with Crippen LogP contribution in [0.25, 0.3) is 11.3 Å². The van der Waals surface area contributed by atoms with Crippen LogP contribution in [-0.2, 0) is 6.42 Å². The summed E-state index contributed by atoms with van der Waals surface area (Å²) in [6.45, 7) is 0. The topological polar surface area (TPSA) is 51.8 Å². The molecule has 0 saturated heterocycles. The van der Waals surface area contributed by atoms with Crippen molar-refractivity contribution >= 4 is 16.5 Å². The monoisotopic (exact) mass is 285 g/mol. The number of nitrogens with zero attached hydrogens (tertiary/aromatic N) is 2. The molecule has 0 saturated carbocycles. The molecule has 1 aromatic carbocycles. The molecule has 0 aliphatic rings. The lowest BCUT2D eigenvalue weighted by atomic mass is 10.1. The Morgan fingerprint density at radius 3 is 2.60 bits per heavy atom. The number of hydrogen-bond donors (Lipinski definition) is 1. The van der Waals surface area contributed by atoms with Gasteiger partial charge in [0.2, 0.25) is 0 Å². The SMILES string of the molecule is Nc1nc(-c2ccc(F)cc2)c(Cc2ccccn2)s1. The summed E-state index contributed by atoms with van der Waals surface area (Å²) in [4.78, 5) is 9.70. The molecule has 0 unspecified atom stereocenters. The third-order valence-corrected chi connectivity index (χ3v) is 3.78. The molecule has 0 radical (unpaired) electrons. The Labute approximate surface area is 119 Å². The van der Waals surface area contributed by atoms with E-state index in [9.17, 15) is 4.39 Å². The van der Waals surface area contributed by atoms with Gasteiger partial charge in [-0.25, -0.2) is 9.37 Å². The Kier molecular flexibility index (Phi) is 3.43. The maximum absolute atomic E-state index is 13.0. The number of thiazole rings is 1. The van der Waals surface area contributed by atoms with Crippen LogP contribution in [0.15, 0.2) is 48.7 Å². The predicted molar refractivity (Wildman–Crippen MR) is 79.0 cm³/mol. The van der Waals surface area contributed by atoms with Crippen LogP contribution in [0.5, 0.6) is 0 Å². The Morgan fingerprint density at radius 2 is 1.90 bits per heavy atom. The molecule has 2 N–H and O–H groups in total. The minimum absolute atomic E-state index is 0.261. The number of benzene rings is 1. The molecule has 100 valence electrons. The first-order valence-electron chi connectivity index (χ1n) is 6.13. The fourth-order valence-electron chi connectivity index (χ4n) is 1.99. The first-order chi connectivity index (χ1) is 9.72. The predicted octanol–water partition coefficient (Wildman–Crippen LogP) is 3.52. The van der Waals surface area contributed by atoms with Crippen LogP contribution in [-0.4, -0.2) is 9.97 Å². The first kappa shape index (κ1) is 12.7. The Hall–Kier alpha value is -2.27. The molecule has 5 heteroatoms. The van der Waals surface area contributed by atoms with Gasteiger partial charge in [0.05, 0.1) is 5.69 Å². The van der Waals surface area contributed by atoms with Crippen molar-refractivity contribution in [2.24, 2.45) is 0 Å². The molecule has 0 spiro atoms. The maximum atomic E-state index is 13.0. The lowest BCUT2D eigenvalue weighted by Crippen LogP contribution is -1.91. The third-order valence-electron chi connectivity index (χ3n) is 2.90. The Morgan fingerprint density at radius 1 is 1.10 bits per heavy atom. The van der Waals surface area contributed by atoms with Crippen LogP contribution < -0.4 is 5.73 Å². The molecule has 0 bridgehead atoms. The van der Waals surface area contributed by atoms with E-state index in [2.05, 4.69) is 9.97 Å². The van der Waals surface area contributed by atoms with Gasteiger partial charge in [0.15, 0.2) is 5.13 Å². The highest BCUT2D eigenvalue weighted by molar-refractivity contribution is 7.15. The van der Waals surface area contributed by atoms with Crippen LogP contribution in [0.4, 0.5) is 9.52 Å². The van der Waals surface area contributed by atoms with Crippen molar-refractivity contribution in [1.82, 2.24) is 9.97 Å². The van der Waals surface area contributed by atoms with Crippen molar-refractivity contribution in [3.05, 3.63) is 65.0 Å². The number of rotatable bonds is 3. The molecule has 0 atom stereocenters. The highest BCUT2D eigenvalue weighted by atomic mass is 32.1. The van der Waals surface area contributed by atoms with Gasteiger partial charge in [-0.15, -0.1) is 11.3 Å². The number of anilines is 1. The minimum atomic E-state index is -0.261. The molecular formula is C15H12FN3S. The maximum Gasteiger partial charge on any atom is 0.180 e. The second-order valence-electron chi connectivity index (χ2n) is 4.33. The fraction of sp³-hybridized carbons (Fsp3) is 0.0667. The van der Waals surface area contributed by atoms with E-state index in [0.717, 1.165) is 21.8 Å². The molecule has 3 rings (SSSR count). The lowest BCUT2D eigenvalue weighted by molar-refractivity contribution is 0.628. The van der Waals surface area contributed by atoms with E-state index in [1.165, 1.54) is 23.5 Å². The summed E-state index contributed by atoms with van der Waals surface area (Å²) in [6.07, 6.45) is 2.43. The number of pyridine rings is 1. The van der Waals surface area contributed by atoms with Crippen molar-refractivity contribution < 1.29 is 4.39 Å². The summed E-state index contributed by atoms with van der Waals surface area (Å²) >= 11 is 1.44. The molecule has 2 heterocycles. The second-order valence-corrected chi connectivity index (χ2v) is 5.44. The smallest absolute Gasteiger partial charge is 0.180 e. The minimum Gasteiger partial charge on any atom is -0.375 e. The van der Waals surface area contributed by atoms with Crippen LogP contribution >= 0.6 is 11.3 Å². The number of nitrogen functional groups attached to an aromatic ring is 1. The standard InChI is InChI=1S/C15H12FN3S/c16-11-6-4-10(5-7-11)14-13(20-15(17)19-14)9-12-3-1-2-8-18-12/h1-8H,9H2,(H2,17,19). The van der Waals surface area contributed by atoms with Crippen LogP contribution in [0.2, 0.25) is 0 Å². The van der Waals surface area contributed by atoms with Gasteiger partial charge in [-0.1, -0.05) is 6.07 Å². The molecular weight excluding hydrogens is 273 g/mol. The van der Waals surface area contributed by atoms with Gasteiger partial charge in [0, 0.05) is 28.8 Å². The van der Waals surface area contributed by atoms with Crippen LogP contribution in [0.3, 0.4) is 0 Å². The first-order valence-corrected chi connectivity index (χ1v) is 6.95.